The average Bonchev–Trinajstić information content (AvgIpc) is 2.27. The maximum absolute atomic E-state index is 2.59. The number of likely N-dealkylation sites (tertiary alicyclic amines) is 1. The summed E-state index contributed by atoms with van der Waals surface area (Å²) in [6, 6.07) is 0.866. The van der Waals surface area contributed by atoms with Crippen LogP contribution in [-0.2, 0) is 0 Å². The predicted octanol–water partition coefficient (Wildman–Crippen LogP) is 2.76. The minimum atomic E-state index is 0.843. The predicted molar refractivity (Wildman–Crippen MR) is 56.7 cm³/mol. The second-order valence-electron chi connectivity index (χ2n) is 5.44. The summed E-state index contributed by atoms with van der Waals surface area (Å²) in [5, 5.41) is 0. The Hall–Kier alpha value is -0.0400. The molecule has 2 unspecified atom stereocenters. The Labute approximate surface area is 82.5 Å². The zero-order chi connectivity index (χ0) is 9.42. The lowest BCUT2D eigenvalue weighted by molar-refractivity contribution is 0.207. The van der Waals surface area contributed by atoms with Gasteiger partial charge in [0.05, 0.1) is 0 Å². The molecular formula is C12H23N. The molecule has 1 aliphatic heterocycles. The van der Waals surface area contributed by atoms with E-state index in [0.717, 1.165) is 23.8 Å². The van der Waals surface area contributed by atoms with Gasteiger partial charge in [0.25, 0.3) is 0 Å². The molecule has 1 heterocycles. The van der Waals surface area contributed by atoms with Crippen LogP contribution in [0, 0.1) is 17.8 Å². The normalized spacial score (nSPS) is 36.9. The van der Waals surface area contributed by atoms with Crippen LogP contribution in [0.1, 0.15) is 39.5 Å². The van der Waals surface area contributed by atoms with Crippen molar-refractivity contribution in [3.8, 4) is 0 Å². The lowest BCUT2D eigenvalue weighted by Crippen LogP contribution is -2.29. The van der Waals surface area contributed by atoms with Gasteiger partial charge >= 0.3 is 0 Å². The number of hydrogen-bond donors (Lipinski definition) is 0. The molecule has 2 fully saturated rings. The first-order valence-corrected chi connectivity index (χ1v) is 5.88. The Morgan fingerprint density at radius 3 is 2.23 bits per heavy atom. The van der Waals surface area contributed by atoms with Gasteiger partial charge in [-0.05, 0) is 31.2 Å². The molecule has 2 atom stereocenters. The van der Waals surface area contributed by atoms with Crippen LogP contribution >= 0.6 is 0 Å². The maximum Gasteiger partial charge on any atom is 0.0118 e. The first kappa shape index (κ1) is 9.51. The van der Waals surface area contributed by atoms with Gasteiger partial charge < -0.3 is 4.90 Å². The van der Waals surface area contributed by atoms with Gasteiger partial charge in [0.1, 0.15) is 0 Å². The molecule has 1 aliphatic carbocycles. The van der Waals surface area contributed by atoms with Crippen LogP contribution in [0.5, 0.6) is 0 Å². The largest absolute Gasteiger partial charge is 0.303 e. The fourth-order valence-electron chi connectivity index (χ4n) is 3.10. The van der Waals surface area contributed by atoms with E-state index in [-0.39, 0.29) is 0 Å². The Balaban J connectivity index is 1.90. The van der Waals surface area contributed by atoms with Crippen LogP contribution in [0.15, 0.2) is 0 Å². The molecule has 1 saturated heterocycles. The number of rotatable bonds is 2. The third-order valence-electron chi connectivity index (χ3n) is 4.22. The zero-order valence-electron chi connectivity index (χ0n) is 9.29. The van der Waals surface area contributed by atoms with Gasteiger partial charge in [0, 0.05) is 12.6 Å². The molecule has 1 heteroatoms. The van der Waals surface area contributed by atoms with Crippen molar-refractivity contribution in [2.45, 2.75) is 45.6 Å². The molecule has 0 spiro atoms. The van der Waals surface area contributed by atoms with Gasteiger partial charge in [-0.2, -0.15) is 0 Å². The van der Waals surface area contributed by atoms with E-state index in [9.17, 15) is 0 Å². The van der Waals surface area contributed by atoms with Gasteiger partial charge in [-0.1, -0.05) is 33.1 Å². The van der Waals surface area contributed by atoms with Crippen molar-refractivity contribution < 1.29 is 0 Å². The van der Waals surface area contributed by atoms with E-state index < -0.39 is 0 Å². The summed E-state index contributed by atoms with van der Waals surface area (Å²) in [7, 11) is 2.31. The summed E-state index contributed by atoms with van der Waals surface area (Å²) in [6.45, 7) is 6.10. The highest BCUT2D eigenvalue weighted by molar-refractivity contribution is 4.90. The molecule has 0 aromatic carbocycles. The lowest BCUT2D eigenvalue weighted by Gasteiger charge is -2.31. The fraction of sp³-hybridized carbons (Fsp3) is 1.00. The number of hydrogen-bond acceptors (Lipinski definition) is 1. The van der Waals surface area contributed by atoms with Crippen LogP contribution < -0.4 is 0 Å². The van der Waals surface area contributed by atoms with Crippen LogP contribution in [0.3, 0.4) is 0 Å². The van der Waals surface area contributed by atoms with E-state index >= 15 is 0 Å². The highest BCUT2D eigenvalue weighted by Gasteiger charge is 2.37. The molecule has 2 aliphatic rings. The molecule has 0 radical (unpaired) electrons. The van der Waals surface area contributed by atoms with Gasteiger partial charge in [-0.3, -0.25) is 0 Å². The van der Waals surface area contributed by atoms with Crippen molar-refractivity contribution in [3.05, 3.63) is 0 Å². The Morgan fingerprint density at radius 1 is 1.15 bits per heavy atom. The van der Waals surface area contributed by atoms with E-state index in [1.807, 2.05) is 0 Å². The van der Waals surface area contributed by atoms with E-state index in [4.69, 9.17) is 0 Å². The summed E-state index contributed by atoms with van der Waals surface area (Å²) < 4.78 is 0. The van der Waals surface area contributed by atoms with Crippen molar-refractivity contribution in [1.29, 1.82) is 0 Å². The summed E-state index contributed by atoms with van der Waals surface area (Å²) in [4.78, 5) is 2.59. The third-order valence-corrected chi connectivity index (χ3v) is 4.22. The van der Waals surface area contributed by atoms with E-state index in [2.05, 4.69) is 25.8 Å². The van der Waals surface area contributed by atoms with Crippen molar-refractivity contribution in [1.82, 2.24) is 4.90 Å². The van der Waals surface area contributed by atoms with Gasteiger partial charge in [-0.15, -0.1) is 0 Å². The molecule has 76 valence electrons. The third kappa shape index (κ3) is 1.76. The molecule has 1 saturated carbocycles. The van der Waals surface area contributed by atoms with Crippen molar-refractivity contribution in [2.75, 3.05) is 13.6 Å². The molecule has 2 rings (SSSR count). The average molecular weight is 181 g/mol. The highest BCUT2D eigenvalue weighted by Crippen LogP contribution is 2.40. The summed E-state index contributed by atoms with van der Waals surface area (Å²) in [5.74, 6) is 2.97. The molecule has 0 N–H and O–H groups in total. The second kappa shape index (κ2) is 3.61. The van der Waals surface area contributed by atoms with Gasteiger partial charge in [0.15, 0.2) is 0 Å². The molecule has 0 amide bonds. The van der Waals surface area contributed by atoms with Crippen molar-refractivity contribution in [2.24, 2.45) is 17.8 Å². The standard InChI is InChI=1S/C12H23N/c1-9(2)12-7-11(8-13(12)3)10-5-4-6-10/h9-12H,4-8H2,1-3H3. The van der Waals surface area contributed by atoms with Crippen LogP contribution in [0.4, 0.5) is 0 Å². The van der Waals surface area contributed by atoms with Crippen LogP contribution in [-0.4, -0.2) is 24.5 Å². The molecular weight excluding hydrogens is 158 g/mol. The summed E-state index contributed by atoms with van der Waals surface area (Å²) >= 11 is 0. The molecule has 13 heavy (non-hydrogen) atoms. The first-order valence-electron chi connectivity index (χ1n) is 5.88. The van der Waals surface area contributed by atoms with Gasteiger partial charge in [-0.25, -0.2) is 0 Å². The molecule has 0 aromatic rings. The van der Waals surface area contributed by atoms with E-state index in [1.54, 1.807) is 0 Å². The van der Waals surface area contributed by atoms with E-state index in [1.165, 1.54) is 32.2 Å². The smallest absolute Gasteiger partial charge is 0.0118 e. The Kier molecular flexibility index (Phi) is 2.64. The molecule has 1 nitrogen and oxygen atoms in total. The van der Waals surface area contributed by atoms with E-state index in [0.29, 0.717) is 0 Å². The highest BCUT2D eigenvalue weighted by atomic mass is 15.2. The number of nitrogens with zero attached hydrogens (tertiary/aromatic N) is 1. The maximum atomic E-state index is 2.59. The fourth-order valence-corrected chi connectivity index (χ4v) is 3.10. The SMILES string of the molecule is CC(C)C1CC(C2CCC2)CN1C. The lowest BCUT2D eigenvalue weighted by atomic mass is 9.74. The quantitative estimate of drug-likeness (QED) is 0.633. The topological polar surface area (TPSA) is 3.24 Å². The van der Waals surface area contributed by atoms with Crippen molar-refractivity contribution in [3.63, 3.8) is 0 Å². The zero-order valence-corrected chi connectivity index (χ0v) is 9.29. The monoisotopic (exact) mass is 181 g/mol. The van der Waals surface area contributed by atoms with Gasteiger partial charge in [0.2, 0.25) is 0 Å². The molecule has 0 aromatic heterocycles. The first-order chi connectivity index (χ1) is 6.18. The summed E-state index contributed by atoms with van der Waals surface area (Å²) in [6.07, 6.45) is 6.00. The molecule has 0 bridgehead atoms. The van der Waals surface area contributed by atoms with Crippen molar-refractivity contribution >= 4 is 0 Å². The Bertz CT molecular complexity index is 172. The van der Waals surface area contributed by atoms with Crippen LogP contribution in [0.2, 0.25) is 0 Å². The second-order valence-corrected chi connectivity index (χ2v) is 5.44. The minimum absolute atomic E-state index is 0.843. The minimum Gasteiger partial charge on any atom is -0.303 e. The summed E-state index contributed by atoms with van der Waals surface area (Å²) in [5.41, 5.74) is 0. The Morgan fingerprint density at radius 2 is 1.85 bits per heavy atom. The van der Waals surface area contributed by atoms with Crippen LogP contribution in [0.25, 0.3) is 0 Å².